The van der Waals surface area contributed by atoms with Gasteiger partial charge in [-0.05, 0) is 105 Å². The van der Waals surface area contributed by atoms with E-state index >= 15 is 0 Å². The summed E-state index contributed by atoms with van der Waals surface area (Å²) in [4.78, 5) is -0.816. The molecule has 2 aromatic rings. The van der Waals surface area contributed by atoms with Crippen LogP contribution in [0.5, 0.6) is 11.5 Å². The second-order valence-electron chi connectivity index (χ2n) is 9.68. The summed E-state index contributed by atoms with van der Waals surface area (Å²) in [6.45, 7) is 4.30. The molecular formula is C25H36N2O8S2. The number of hydrogen-bond acceptors (Lipinski definition) is 8. The average Bonchev–Trinajstić information content (AvgIpc) is 3.12. The molecule has 37 heavy (non-hydrogen) atoms. The van der Waals surface area contributed by atoms with Gasteiger partial charge in [0.05, 0.1) is 13.2 Å². The Kier molecular flexibility index (Phi) is 9.59. The van der Waals surface area contributed by atoms with Crippen LogP contribution >= 0.6 is 0 Å². The summed E-state index contributed by atoms with van der Waals surface area (Å²) in [6, 6.07) is 5.76. The van der Waals surface area contributed by atoms with E-state index in [2.05, 4.69) is 0 Å². The zero-order valence-corrected chi connectivity index (χ0v) is 22.8. The lowest BCUT2D eigenvalue weighted by molar-refractivity contribution is 0.295. The lowest BCUT2D eigenvalue weighted by Crippen LogP contribution is -2.14. The first-order chi connectivity index (χ1) is 17.3. The molecule has 0 amide bonds. The van der Waals surface area contributed by atoms with Crippen LogP contribution < -0.4 is 20.9 Å². The molecule has 0 heterocycles. The summed E-state index contributed by atoms with van der Waals surface area (Å²) in [7, 11) is -9.26. The monoisotopic (exact) mass is 556 g/mol. The fourth-order valence-corrected chi connectivity index (χ4v) is 5.61. The van der Waals surface area contributed by atoms with Gasteiger partial charge in [0.1, 0.15) is 21.3 Å². The third-order valence-electron chi connectivity index (χ3n) is 6.19. The lowest BCUT2D eigenvalue weighted by Gasteiger charge is -2.14. The maximum atomic E-state index is 12.1. The van der Waals surface area contributed by atoms with Crippen molar-refractivity contribution in [1.82, 2.24) is 0 Å². The Bertz CT molecular complexity index is 1220. The van der Waals surface area contributed by atoms with Gasteiger partial charge in [-0.1, -0.05) is 0 Å². The fourth-order valence-electron chi connectivity index (χ4n) is 4.33. The highest BCUT2D eigenvalue weighted by atomic mass is 32.2. The molecule has 206 valence electrons. The second kappa shape index (κ2) is 12.1. The zero-order valence-electron chi connectivity index (χ0n) is 21.1. The van der Waals surface area contributed by atoms with Crippen LogP contribution in [0.25, 0.3) is 11.1 Å². The van der Waals surface area contributed by atoms with Gasteiger partial charge in [0.25, 0.3) is 20.2 Å². The number of unbranched alkanes of at least 4 members (excludes halogenated alkanes) is 2. The van der Waals surface area contributed by atoms with E-state index in [4.69, 9.17) is 20.9 Å². The van der Waals surface area contributed by atoms with Gasteiger partial charge in [-0.3, -0.25) is 9.11 Å². The van der Waals surface area contributed by atoms with Crippen LogP contribution in [0.15, 0.2) is 34.1 Å². The predicted octanol–water partition coefficient (Wildman–Crippen LogP) is 3.54. The number of benzene rings is 2. The molecule has 0 saturated carbocycles. The fraction of sp³-hybridized carbons (Fsp3) is 0.520. The molecule has 0 radical (unpaired) electrons. The van der Waals surface area contributed by atoms with Crippen molar-refractivity contribution in [2.24, 2.45) is 11.5 Å². The van der Waals surface area contributed by atoms with E-state index in [1.165, 1.54) is 12.1 Å². The van der Waals surface area contributed by atoms with Gasteiger partial charge < -0.3 is 20.9 Å². The number of nitrogens with two attached hydrogens (primary N) is 2. The molecule has 10 nitrogen and oxygen atoms in total. The van der Waals surface area contributed by atoms with Gasteiger partial charge in [-0.2, -0.15) is 16.8 Å². The molecule has 6 N–H and O–H groups in total. The molecule has 0 bridgehead atoms. The number of ether oxygens (including phenoxy) is 2. The molecule has 0 aromatic heterocycles. The molecule has 0 saturated heterocycles. The topological polar surface area (TPSA) is 179 Å². The molecule has 0 fully saturated rings. The van der Waals surface area contributed by atoms with Crippen LogP contribution in [0.1, 0.15) is 63.5 Å². The minimum Gasteiger partial charge on any atom is -0.492 e. The van der Waals surface area contributed by atoms with Gasteiger partial charge in [-0.25, -0.2) is 0 Å². The van der Waals surface area contributed by atoms with Crippen molar-refractivity contribution in [3.05, 3.63) is 35.4 Å². The standard InChI is InChI=1S/C25H36N2O8S2/c1-16(26)7-3-5-9-34-22-12-18-11-19-13-23(35-10-6-4-8-17(2)27)25(37(31,32)33)15-21(19)20(18)14-24(22)36(28,29)30/h12-17H,3-11,26-27H2,1-2H3,(H,28,29,30)(H,31,32,33). The van der Waals surface area contributed by atoms with Crippen molar-refractivity contribution in [1.29, 1.82) is 0 Å². The normalized spacial score (nSPS) is 14.6. The smallest absolute Gasteiger partial charge is 0.298 e. The molecule has 12 heteroatoms. The quantitative estimate of drug-likeness (QED) is 0.169. The number of fused-ring (bicyclic) bond motifs is 3. The first-order valence-corrected chi connectivity index (χ1v) is 15.2. The van der Waals surface area contributed by atoms with Crippen molar-refractivity contribution in [2.45, 2.75) is 80.7 Å². The van der Waals surface area contributed by atoms with Gasteiger partial charge in [0.15, 0.2) is 0 Å². The van der Waals surface area contributed by atoms with E-state index in [1.54, 1.807) is 12.1 Å². The largest absolute Gasteiger partial charge is 0.492 e. The van der Waals surface area contributed by atoms with Gasteiger partial charge in [-0.15, -0.1) is 0 Å². The summed E-state index contributed by atoms with van der Waals surface area (Å²) < 4.78 is 79.6. The van der Waals surface area contributed by atoms with Gasteiger partial charge >= 0.3 is 0 Å². The summed E-state index contributed by atoms with van der Waals surface area (Å²) >= 11 is 0. The van der Waals surface area contributed by atoms with Gasteiger partial charge in [0.2, 0.25) is 0 Å². The van der Waals surface area contributed by atoms with E-state index < -0.39 is 30.0 Å². The second-order valence-corrected chi connectivity index (χ2v) is 12.5. The minimum absolute atomic E-state index is 0.0236. The third-order valence-corrected chi connectivity index (χ3v) is 7.94. The van der Waals surface area contributed by atoms with E-state index in [0.29, 0.717) is 41.5 Å². The van der Waals surface area contributed by atoms with E-state index in [0.717, 1.165) is 25.7 Å². The lowest BCUT2D eigenvalue weighted by atomic mass is 10.1. The van der Waals surface area contributed by atoms with Crippen LogP contribution in [0.4, 0.5) is 0 Å². The molecule has 1 aliphatic rings. The molecule has 1 aliphatic carbocycles. The van der Waals surface area contributed by atoms with Crippen LogP contribution in [0, 0.1) is 0 Å². The molecule has 2 atom stereocenters. The van der Waals surface area contributed by atoms with Crippen molar-refractivity contribution >= 4 is 20.2 Å². The van der Waals surface area contributed by atoms with E-state index in [-0.39, 0.29) is 36.8 Å². The zero-order chi connectivity index (χ0) is 27.4. The van der Waals surface area contributed by atoms with Gasteiger partial charge in [0, 0.05) is 12.1 Å². The highest BCUT2D eigenvalue weighted by Gasteiger charge is 2.29. The molecule has 0 aliphatic heterocycles. The minimum atomic E-state index is -4.63. The highest BCUT2D eigenvalue weighted by molar-refractivity contribution is 7.86. The van der Waals surface area contributed by atoms with Crippen molar-refractivity contribution in [3.63, 3.8) is 0 Å². The Morgan fingerprint density at radius 1 is 0.730 bits per heavy atom. The first-order valence-electron chi connectivity index (χ1n) is 12.3. The molecule has 3 rings (SSSR count). The molecule has 0 spiro atoms. The first kappa shape index (κ1) is 29.3. The summed E-state index contributed by atoms with van der Waals surface area (Å²) in [5, 5.41) is 0. The van der Waals surface area contributed by atoms with Crippen LogP contribution in [0.2, 0.25) is 0 Å². The summed E-state index contributed by atoms with van der Waals surface area (Å²) in [5.41, 5.74) is 13.8. The molecule has 2 aromatic carbocycles. The van der Waals surface area contributed by atoms with Crippen LogP contribution in [0.3, 0.4) is 0 Å². The third kappa shape index (κ3) is 7.88. The maximum Gasteiger partial charge on any atom is 0.298 e. The number of hydrogen-bond donors (Lipinski definition) is 4. The van der Waals surface area contributed by atoms with Crippen molar-refractivity contribution in [2.75, 3.05) is 13.2 Å². The summed E-state index contributed by atoms with van der Waals surface area (Å²) in [5.74, 6) is 0.0472. The van der Waals surface area contributed by atoms with E-state index in [1.807, 2.05) is 13.8 Å². The Labute approximate surface area is 218 Å². The molecular weight excluding hydrogens is 520 g/mol. The van der Waals surface area contributed by atoms with Crippen LogP contribution in [-0.4, -0.2) is 51.2 Å². The predicted molar refractivity (Wildman–Crippen MR) is 140 cm³/mol. The Hall–Kier alpha value is -2.22. The Morgan fingerprint density at radius 3 is 1.43 bits per heavy atom. The van der Waals surface area contributed by atoms with E-state index in [9.17, 15) is 25.9 Å². The maximum absolute atomic E-state index is 12.1. The molecule has 2 unspecified atom stereocenters. The number of rotatable bonds is 14. The van der Waals surface area contributed by atoms with Crippen molar-refractivity contribution < 1.29 is 35.4 Å². The highest BCUT2D eigenvalue weighted by Crippen LogP contribution is 2.44. The average molecular weight is 557 g/mol. The van der Waals surface area contributed by atoms with Crippen LogP contribution in [-0.2, 0) is 26.7 Å². The Morgan fingerprint density at radius 2 is 1.11 bits per heavy atom. The SMILES string of the molecule is CC(N)CCCCOc1cc2c(cc1S(=O)(=O)O)-c1cc(S(=O)(=O)O)c(OCCCCC(C)N)cc1C2. The Balaban J connectivity index is 1.90. The summed E-state index contributed by atoms with van der Waals surface area (Å²) in [6.07, 6.45) is 4.91. The van der Waals surface area contributed by atoms with Crippen molar-refractivity contribution in [3.8, 4) is 22.6 Å².